The molecule has 0 unspecified atom stereocenters. The largest absolute Gasteiger partial charge is 0.500 e. The maximum absolute atomic E-state index is 8.36. The Balaban J connectivity index is 3.59. The fraction of sp³-hybridized carbons (Fsp3) is 0.900. The molecule has 0 aromatic rings. The third-order valence-corrected chi connectivity index (χ3v) is 5.29. The minimum absolute atomic E-state index is 0.654. The summed E-state index contributed by atoms with van der Waals surface area (Å²) < 4.78 is 15.9. The standard InChI is InChI=1S/C10H21NO3Si/c1-12-15(13-2,14-3)10-8-6-4-5-7-9-11/h4-8,10H2,1-3H3. The van der Waals surface area contributed by atoms with Gasteiger partial charge in [0.2, 0.25) is 0 Å². The summed E-state index contributed by atoms with van der Waals surface area (Å²) in [4.78, 5) is 0. The monoisotopic (exact) mass is 231 g/mol. The Morgan fingerprint density at radius 3 is 1.93 bits per heavy atom. The molecule has 4 nitrogen and oxygen atoms in total. The average molecular weight is 231 g/mol. The van der Waals surface area contributed by atoms with Gasteiger partial charge in [0, 0.05) is 33.8 Å². The van der Waals surface area contributed by atoms with Crippen LogP contribution < -0.4 is 0 Å². The number of hydrogen-bond donors (Lipinski definition) is 0. The van der Waals surface area contributed by atoms with Gasteiger partial charge in [-0.2, -0.15) is 5.26 Å². The first-order valence-corrected chi connectivity index (χ1v) is 7.20. The highest BCUT2D eigenvalue weighted by Gasteiger charge is 2.36. The van der Waals surface area contributed by atoms with Crippen LogP contribution in [0.15, 0.2) is 0 Å². The van der Waals surface area contributed by atoms with Crippen LogP contribution in [0.3, 0.4) is 0 Å². The third-order valence-electron chi connectivity index (χ3n) is 2.45. The fourth-order valence-corrected chi connectivity index (χ4v) is 3.25. The zero-order chi connectivity index (χ0) is 11.6. The summed E-state index contributed by atoms with van der Waals surface area (Å²) in [5, 5.41) is 8.36. The summed E-state index contributed by atoms with van der Waals surface area (Å²) in [5.41, 5.74) is 0. The molecule has 15 heavy (non-hydrogen) atoms. The van der Waals surface area contributed by atoms with Crippen LogP contribution in [-0.4, -0.2) is 30.1 Å². The molecule has 0 fully saturated rings. The normalized spacial score (nSPS) is 11.3. The second-order valence-electron chi connectivity index (χ2n) is 3.37. The molecule has 0 saturated heterocycles. The fourth-order valence-electron chi connectivity index (χ4n) is 1.46. The van der Waals surface area contributed by atoms with Gasteiger partial charge in [0.1, 0.15) is 0 Å². The molecular weight excluding hydrogens is 210 g/mol. The van der Waals surface area contributed by atoms with Gasteiger partial charge in [-0.3, -0.25) is 0 Å². The van der Waals surface area contributed by atoms with Crippen molar-refractivity contribution in [1.29, 1.82) is 5.26 Å². The van der Waals surface area contributed by atoms with E-state index in [9.17, 15) is 0 Å². The van der Waals surface area contributed by atoms with Crippen molar-refractivity contribution in [2.45, 2.75) is 38.1 Å². The van der Waals surface area contributed by atoms with Gasteiger partial charge < -0.3 is 13.3 Å². The van der Waals surface area contributed by atoms with Crippen molar-refractivity contribution in [3.05, 3.63) is 0 Å². The van der Waals surface area contributed by atoms with E-state index in [-0.39, 0.29) is 0 Å². The number of hydrogen-bond acceptors (Lipinski definition) is 4. The molecular formula is C10H21NO3Si. The van der Waals surface area contributed by atoms with Crippen LogP contribution in [0.5, 0.6) is 0 Å². The Kier molecular flexibility index (Phi) is 8.62. The molecule has 0 aliphatic heterocycles. The van der Waals surface area contributed by atoms with Crippen LogP contribution in [-0.2, 0) is 13.3 Å². The molecule has 0 aromatic carbocycles. The van der Waals surface area contributed by atoms with E-state index in [4.69, 9.17) is 18.5 Å². The molecule has 0 radical (unpaired) electrons. The van der Waals surface area contributed by atoms with Crippen LogP contribution in [0.2, 0.25) is 6.04 Å². The lowest BCUT2D eigenvalue weighted by atomic mass is 10.2. The van der Waals surface area contributed by atoms with E-state index in [1.54, 1.807) is 21.3 Å². The smallest absolute Gasteiger partial charge is 0.377 e. The highest BCUT2D eigenvalue weighted by atomic mass is 28.4. The lowest BCUT2D eigenvalue weighted by Crippen LogP contribution is -2.42. The van der Waals surface area contributed by atoms with Crippen LogP contribution in [0.1, 0.15) is 32.1 Å². The van der Waals surface area contributed by atoms with Crippen molar-refractivity contribution in [3.8, 4) is 6.07 Å². The number of unbranched alkanes of at least 4 members (excludes halogenated alkanes) is 4. The van der Waals surface area contributed by atoms with Crippen molar-refractivity contribution >= 4 is 8.80 Å². The Hall–Kier alpha value is -0.413. The van der Waals surface area contributed by atoms with E-state index in [2.05, 4.69) is 6.07 Å². The van der Waals surface area contributed by atoms with E-state index >= 15 is 0 Å². The second-order valence-corrected chi connectivity index (χ2v) is 6.46. The number of nitrogens with zero attached hydrogens (tertiary/aromatic N) is 1. The first-order valence-electron chi connectivity index (χ1n) is 5.27. The van der Waals surface area contributed by atoms with Crippen LogP contribution in [0, 0.1) is 11.3 Å². The Morgan fingerprint density at radius 2 is 1.47 bits per heavy atom. The van der Waals surface area contributed by atoms with Crippen molar-refractivity contribution in [3.63, 3.8) is 0 Å². The summed E-state index contributed by atoms with van der Waals surface area (Å²) >= 11 is 0. The first-order chi connectivity index (χ1) is 7.24. The second kappa shape index (κ2) is 8.86. The molecule has 5 heteroatoms. The Bertz CT molecular complexity index is 181. The summed E-state index contributed by atoms with van der Waals surface area (Å²) in [6, 6.07) is 2.99. The molecule has 88 valence electrons. The molecule has 0 aliphatic carbocycles. The Morgan fingerprint density at radius 1 is 0.933 bits per heavy atom. The van der Waals surface area contributed by atoms with E-state index in [1.165, 1.54) is 0 Å². The van der Waals surface area contributed by atoms with Gasteiger partial charge in [-0.25, -0.2) is 0 Å². The number of nitriles is 1. The first kappa shape index (κ1) is 14.6. The van der Waals surface area contributed by atoms with Gasteiger partial charge in [-0.15, -0.1) is 0 Å². The van der Waals surface area contributed by atoms with Gasteiger partial charge in [0.05, 0.1) is 6.07 Å². The van der Waals surface area contributed by atoms with Crippen LogP contribution in [0.25, 0.3) is 0 Å². The van der Waals surface area contributed by atoms with Gasteiger partial charge in [-0.05, 0) is 12.8 Å². The molecule has 0 aromatic heterocycles. The van der Waals surface area contributed by atoms with Gasteiger partial charge in [0.25, 0.3) is 0 Å². The van der Waals surface area contributed by atoms with Crippen molar-refractivity contribution < 1.29 is 13.3 Å². The SMILES string of the molecule is CO[Si](CCCCCCC#N)(OC)OC. The maximum Gasteiger partial charge on any atom is 0.500 e. The van der Waals surface area contributed by atoms with Crippen LogP contribution >= 0.6 is 0 Å². The predicted octanol–water partition coefficient (Wildman–Crippen LogP) is 2.34. The van der Waals surface area contributed by atoms with Gasteiger partial charge >= 0.3 is 8.80 Å². The molecule has 0 aliphatic rings. The predicted molar refractivity (Wildman–Crippen MR) is 60.3 cm³/mol. The zero-order valence-electron chi connectivity index (χ0n) is 9.91. The molecule has 0 saturated carbocycles. The molecule has 0 amide bonds. The van der Waals surface area contributed by atoms with E-state index < -0.39 is 8.80 Å². The summed E-state index contributed by atoms with van der Waals surface area (Å²) in [5.74, 6) is 0. The summed E-state index contributed by atoms with van der Waals surface area (Å²) in [7, 11) is 2.55. The van der Waals surface area contributed by atoms with Crippen LogP contribution in [0.4, 0.5) is 0 Å². The minimum Gasteiger partial charge on any atom is -0.377 e. The number of rotatable bonds is 9. The third kappa shape index (κ3) is 5.90. The highest BCUT2D eigenvalue weighted by molar-refractivity contribution is 6.60. The Labute approximate surface area is 93.5 Å². The van der Waals surface area contributed by atoms with E-state index in [0.29, 0.717) is 6.42 Å². The summed E-state index contributed by atoms with van der Waals surface area (Å²) in [6.07, 6.45) is 4.87. The quantitative estimate of drug-likeness (QED) is 0.451. The van der Waals surface area contributed by atoms with E-state index in [0.717, 1.165) is 31.7 Å². The van der Waals surface area contributed by atoms with Crippen molar-refractivity contribution in [1.82, 2.24) is 0 Å². The minimum atomic E-state index is -2.35. The molecule has 0 rings (SSSR count). The summed E-state index contributed by atoms with van der Waals surface area (Å²) in [6.45, 7) is 0. The molecule has 0 heterocycles. The topological polar surface area (TPSA) is 51.5 Å². The highest BCUT2D eigenvalue weighted by Crippen LogP contribution is 2.17. The zero-order valence-corrected chi connectivity index (χ0v) is 10.9. The van der Waals surface area contributed by atoms with Gasteiger partial charge in [-0.1, -0.05) is 12.8 Å². The lowest BCUT2D eigenvalue weighted by molar-refractivity contribution is 0.122. The maximum atomic E-state index is 8.36. The van der Waals surface area contributed by atoms with Crippen molar-refractivity contribution in [2.75, 3.05) is 21.3 Å². The molecule has 0 spiro atoms. The van der Waals surface area contributed by atoms with Crippen molar-refractivity contribution in [2.24, 2.45) is 0 Å². The molecule has 0 N–H and O–H groups in total. The molecule has 0 bridgehead atoms. The average Bonchev–Trinajstić information content (AvgIpc) is 2.29. The van der Waals surface area contributed by atoms with Gasteiger partial charge in [0.15, 0.2) is 0 Å². The van der Waals surface area contributed by atoms with E-state index in [1.807, 2.05) is 0 Å². The lowest BCUT2D eigenvalue weighted by Gasteiger charge is -2.24. The molecule has 0 atom stereocenters.